The van der Waals surface area contributed by atoms with Gasteiger partial charge >= 0.3 is 0 Å². The van der Waals surface area contributed by atoms with Gasteiger partial charge in [-0.05, 0) is 75.6 Å². The fourth-order valence-electron chi connectivity index (χ4n) is 5.21. The van der Waals surface area contributed by atoms with Crippen molar-refractivity contribution in [2.45, 2.75) is 58.9 Å². The van der Waals surface area contributed by atoms with Crippen LogP contribution in [0.1, 0.15) is 76.9 Å². The SMILES string of the molecule is Cc1sc2c(c1C)C(c1ccc(Cl)cc1)=N[C@@H](CC(=O)NCCCCCC(=O)Nc1ccc(C#CCN)cc1)c1nnc(C)n1-2.Cl. The van der Waals surface area contributed by atoms with Crippen LogP contribution in [0, 0.1) is 32.6 Å². The molecule has 9 nitrogen and oxygen atoms in total. The van der Waals surface area contributed by atoms with Gasteiger partial charge in [-0.3, -0.25) is 19.1 Å². The quantitative estimate of drug-likeness (QED) is 0.135. The van der Waals surface area contributed by atoms with Gasteiger partial charge in [0.1, 0.15) is 16.9 Å². The largest absolute Gasteiger partial charge is 0.356 e. The number of amides is 2. The van der Waals surface area contributed by atoms with Gasteiger partial charge in [0.05, 0.1) is 18.7 Å². The number of hydrogen-bond acceptors (Lipinski definition) is 7. The molecule has 0 saturated heterocycles. The molecule has 4 N–H and O–H groups in total. The number of aromatic nitrogens is 3. The Bertz CT molecular complexity index is 1780. The molecule has 240 valence electrons. The zero-order chi connectivity index (χ0) is 31.9. The lowest BCUT2D eigenvalue weighted by Crippen LogP contribution is -2.26. The molecule has 0 radical (unpaired) electrons. The molecular formula is C34H37Cl2N7O2S. The maximum Gasteiger partial charge on any atom is 0.224 e. The van der Waals surface area contributed by atoms with Crippen LogP contribution in [-0.4, -0.2) is 45.4 Å². The van der Waals surface area contributed by atoms with Crippen LogP contribution in [0.3, 0.4) is 0 Å². The lowest BCUT2D eigenvalue weighted by molar-refractivity contribution is -0.121. The molecule has 2 amide bonds. The van der Waals surface area contributed by atoms with E-state index in [0.29, 0.717) is 30.4 Å². The highest BCUT2D eigenvalue weighted by molar-refractivity contribution is 7.15. The molecule has 1 atom stereocenters. The van der Waals surface area contributed by atoms with Crippen molar-refractivity contribution in [1.29, 1.82) is 0 Å². The topological polar surface area (TPSA) is 127 Å². The number of fused-ring (bicyclic) bond motifs is 3. The summed E-state index contributed by atoms with van der Waals surface area (Å²) in [5, 5.41) is 16.4. The summed E-state index contributed by atoms with van der Waals surface area (Å²) in [5.41, 5.74) is 10.9. The zero-order valence-corrected chi connectivity index (χ0v) is 28.4. The second-order valence-corrected chi connectivity index (χ2v) is 12.5. The lowest BCUT2D eigenvalue weighted by atomic mass is 9.99. The molecule has 2 aromatic heterocycles. The number of rotatable bonds is 10. The number of aliphatic imine (C=N–C) groups is 1. The number of halogens is 2. The molecule has 0 bridgehead atoms. The van der Waals surface area contributed by atoms with Crippen molar-refractivity contribution >= 4 is 58.6 Å². The fourth-order valence-corrected chi connectivity index (χ4v) is 6.55. The van der Waals surface area contributed by atoms with Gasteiger partial charge in [0.25, 0.3) is 0 Å². The van der Waals surface area contributed by atoms with E-state index < -0.39 is 6.04 Å². The molecule has 0 unspecified atom stereocenters. The maximum atomic E-state index is 13.2. The Balaban J connectivity index is 0.00000480. The summed E-state index contributed by atoms with van der Waals surface area (Å²) in [5.74, 6) is 7.02. The number of benzene rings is 2. The number of carbonyl (C=O) groups excluding carboxylic acids is 2. The van der Waals surface area contributed by atoms with Crippen LogP contribution in [0.15, 0.2) is 53.5 Å². The van der Waals surface area contributed by atoms with Gasteiger partial charge in [-0.1, -0.05) is 42.0 Å². The Kier molecular flexibility index (Phi) is 12.1. The number of nitrogens with one attached hydrogen (secondary N) is 2. The first-order chi connectivity index (χ1) is 21.7. The van der Waals surface area contributed by atoms with Crippen LogP contribution in [0.25, 0.3) is 5.00 Å². The summed E-state index contributed by atoms with van der Waals surface area (Å²) in [7, 11) is 0. The third-order valence-corrected chi connectivity index (χ3v) is 9.09. The Labute approximate surface area is 284 Å². The first-order valence-electron chi connectivity index (χ1n) is 15.0. The van der Waals surface area contributed by atoms with Crippen molar-refractivity contribution in [3.8, 4) is 16.8 Å². The second kappa shape index (κ2) is 16.0. The maximum absolute atomic E-state index is 13.2. The van der Waals surface area contributed by atoms with Crippen molar-refractivity contribution in [2.75, 3.05) is 18.4 Å². The summed E-state index contributed by atoms with van der Waals surface area (Å²) in [6.45, 7) is 6.95. The van der Waals surface area contributed by atoms with Crippen molar-refractivity contribution < 1.29 is 9.59 Å². The van der Waals surface area contributed by atoms with E-state index in [0.717, 1.165) is 63.7 Å². The summed E-state index contributed by atoms with van der Waals surface area (Å²) in [4.78, 5) is 31.9. The van der Waals surface area contributed by atoms with Gasteiger partial charge in [-0.2, -0.15) is 0 Å². The van der Waals surface area contributed by atoms with E-state index in [1.807, 2.05) is 60.0 Å². The Morgan fingerprint density at radius 3 is 2.46 bits per heavy atom. The molecule has 3 heterocycles. The van der Waals surface area contributed by atoms with Crippen LogP contribution < -0.4 is 16.4 Å². The highest BCUT2D eigenvalue weighted by Gasteiger charge is 2.32. The number of unbranched alkanes of at least 4 members (excludes halogenated alkanes) is 2. The standard InChI is InChI=1S/C34H36ClN7O2S.ClH/c1-21-22(2)45-34-31(21)32(25-12-14-26(35)15-13-25)39-28(33-41-40-23(3)42(33)34)20-30(44)37-19-6-4-5-9-29(43)38-27-16-10-24(11-17-27)8-7-18-36;/h10-17,28H,4-6,9,18-20,36H2,1-3H3,(H,37,44)(H,38,43);1H/t28-;/m0./s1. The van der Waals surface area contributed by atoms with Gasteiger partial charge in [0, 0.05) is 45.2 Å². The molecule has 0 aliphatic carbocycles. The predicted molar refractivity (Wildman–Crippen MR) is 188 cm³/mol. The normalized spacial score (nSPS) is 13.2. The van der Waals surface area contributed by atoms with E-state index >= 15 is 0 Å². The van der Waals surface area contributed by atoms with Crippen LogP contribution in [0.2, 0.25) is 5.02 Å². The predicted octanol–water partition coefficient (Wildman–Crippen LogP) is 6.24. The number of nitrogens with zero attached hydrogens (tertiary/aromatic N) is 4. The molecule has 1 aliphatic heterocycles. The first-order valence-corrected chi connectivity index (χ1v) is 16.2. The summed E-state index contributed by atoms with van der Waals surface area (Å²) in [6.07, 6.45) is 2.85. The number of thiophene rings is 1. The van der Waals surface area contributed by atoms with Crippen molar-refractivity contribution in [3.05, 3.63) is 92.3 Å². The molecule has 12 heteroatoms. The molecule has 0 fully saturated rings. The van der Waals surface area contributed by atoms with Crippen LogP contribution >= 0.6 is 35.3 Å². The van der Waals surface area contributed by atoms with Gasteiger partial charge in [-0.25, -0.2) is 0 Å². The Hall–Kier alpha value is -4.01. The fraction of sp³-hybridized carbons (Fsp3) is 0.324. The summed E-state index contributed by atoms with van der Waals surface area (Å²) < 4.78 is 2.04. The van der Waals surface area contributed by atoms with Gasteiger partial charge in [0.2, 0.25) is 11.8 Å². The average Bonchev–Trinajstić information content (AvgIpc) is 3.50. The highest BCUT2D eigenvalue weighted by atomic mass is 35.5. The van der Waals surface area contributed by atoms with Crippen LogP contribution in [0.4, 0.5) is 5.69 Å². The minimum absolute atomic E-state index is 0. The van der Waals surface area contributed by atoms with Crippen molar-refractivity contribution in [2.24, 2.45) is 10.7 Å². The van der Waals surface area contributed by atoms with E-state index in [-0.39, 0.29) is 30.6 Å². The van der Waals surface area contributed by atoms with Gasteiger partial charge in [0.15, 0.2) is 5.82 Å². The van der Waals surface area contributed by atoms with E-state index in [1.165, 1.54) is 4.88 Å². The molecule has 0 spiro atoms. The van der Waals surface area contributed by atoms with Gasteiger partial charge < -0.3 is 16.4 Å². The second-order valence-electron chi connectivity index (χ2n) is 10.9. The molecular weight excluding hydrogens is 641 g/mol. The van der Waals surface area contributed by atoms with Gasteiger partial charge in [-0.15, -0.1) is 33.9 Å². The molecule has 4 aromatic rings. The van der Waals surface area contributed by atoms with E-state index in [2.05, 4.69) is 46.5 Å². The first kappa shape index (κ1) is 34.9. The smallest absolute Gasteiger partial charge is 0.224 e. The third kappa shape index (κ3) is 8.22. The summed E-state index contributed by atoms with van der Waals surface area (Å²) >= 11 is 7.88. The van der Waals surface area contributed by atoms with E-state index in [9.17, 15) is 9.59 Å². The van der Waals surface area contributed by atoms with Crippen molar-refractivity contribution in [1.82, 2.24) is 20.1 Å². The Morgan fingerprint density at radius 1 is 1.00 bits per heavy atom. The van der Waals surface area contributed by atoms with Crippen LogP contribution in [-0.2, 0) is 9.59 Å². The highest BCUT2D eigenvalue weighted by Crippen LogP contribution is 2.39. The number of carbonyl (C=O) groups is 2. The molecule has 0 saturated carbocycles. The zero-order valence-electron chi connectivity index (χ0n) is 26.0. The number of hydrogen-bond donors (Lipinski definition) is 3. The minimum atomic E-state index is -0.512. The summed E-state index contributed by atoms with van der Waals surface area (Å²) in [6, 6.07) is 14.5. The number of aryl methyl sites for hydroxylation is 2. The number of nitrogens with two attached hydrogens (primary N) is 1. The van der Waals surface area contributed by atoms with Crippen molar-refractivity contribution in [3.63, 3.8) is 0 Å². The monoisotopic (exact) mass is 677 g/mol. The molecule has 46 heavy (non-hydrogen) atoms. The third-order valence-electron chi connectivity index (χ3n) is 7.64. The average molecular weight is 679 g/mol. The minimum Gasteiger partial charge on any atom is -0.356 e. The number of anilines is 1. The van der Waals surface area contributed by atoms with E-state index in [4.69, 9.17) is 22.3 Å². The molecule has 5 rings (SSSR count). The molecule has 2 aromatic carbocycles. The lowest BCUT2D eigenvalue weighted by Gasteiger charge is -2.13. The van der Waals surface area contributed by atoms with E-state index in [1.54, 1.807) is 11.3 Å². The molecule has 1 aliphatic rings. The Morgan fingerprint density at radius 2 is 1.74 bits per heavy atom. The van der Waals surface area contributed by atoms with Crippen LogP contribution in [0.5, 0.6) is 0 Å².